The molecule has 1 amide bonds. The van der Waals surface area contributed by atoms with E-state index in [-0.39, 0.29) is 16.1 Å². The molecule has 45 heavy (non-hydrogen) atoms. The van der Waals surface area contributed by atoms with Crippen molar-refractivity contribution in [2.24, 2.45) is 17.6 Å². The minimum atomic E-state index is -3.12. The summed E-state index contributed by atoms with van der Waals surface area (Å²) in [7, 11) is 2.79. The number of benzene rings is 2. The van der Waals surface area contributed by atoms with Crippen LogP contribution in [0.3, 0.4) is 0 Å². The van der Waals surface area contributed by atoms with Gasteiger partial charge in [-0.2, -0.15) is 0 Å². The van der Waals surface area contributed by atoms with Crippen molar-refractivity contribution in [2.75, 3.05) is 14.1 Å². The number of fused-ring (bicyclic) bond motifs is 3. The lowest BCUT2D eigenvalue weighted by Crippen LogP contribution is -2.71. The first-order valence-electron chi connectivity index (χ1n) is 13.6. The van der Waals surface area contributed by atoms with Crippen LogP contribution in [-0.4, -0.2) is 85.5 Å². The lowest BCUT2D eigenvalue weighted by Gasteiger charge is -2.54. The number of nitrogens with zero attached hydrogens (tertiary/aromatic N) is 2. The van der Waals surface area contributed by atoms with E-state index in [0.717, 1.165) is 6.07 Å². The fraction of sp³-hybridized carbons (Fsp3) is 0.333. The fourth-order valence-electron chi connectivity index (χ4n) is 6.89. The maximum absolute atomic E-state index is 14.3. The highest BCUT2D eigenvalue weighted by atomic mass is 35.5. The topological polar surface area (TPSA) is 231 Å². The predicted octanol–water partition coefficient (Wildman–Crippen LogP) is 1.85. The van der Waals surface area contributed by atoms with Gasteiger partial charge in [0.05, 0.1) is 28.9 Å². The first-order valence-corrected chi connectivity index (χ1v) is 14.0. The molecule has 236 valence electrons. The first kappa shape index (κ1) is 31.6. The molecule has 0 radical (unpaired) electrons. The third-order valence-electron chi connectivity index (χ3n) is 8.81. The predicted molar refractivity (Wildman–Crippen MR) is 156 cm³/mol. The van der Waals surface area contributed by atoms with Gasteiger partial charge in [-0.1, -0.05) is 36.7 Å². The number of aliphatic hydroxyl groups excluding tert-OH is 2. The Hall–Kier alpha value is -4.79. The van der Waals surface area contributed by atoms with E-state index < -0.39 is 104 Å². The zero-order valence-electron chi connectivity index (χ0n) is 24.1. The molecule has 2 aromatic rings. The summed E-state index contributed by atoms with van der Waals surface area (Å²) in [5.74, 6) is -11.3. The number of amides is 1. The molecule has 0 unspecified atom stereocenters. The molecular formula is C30H28ClN3O11. The number of halogens is 1. The molecule has 0 spiro atoms. The molecule has 0 saturated heterocycles. The number of aromatic hydroxyl groups is 1. The molecule has 1 saturated carbocycles. The van der Waals surface area contributed by atoms with Gasteiger partial charge in [0.1, 0.15) is 28.9 Å². The number of nitrogens with two attached hydrogens (primary N) is 1. The van der Waals surface area contributed by atoms with Gasteiger partial charge < -0.3 is 30.9 Å². The van der Waals surface area contributed by atoms with Crippen LogP contribution in [0.2, 0.25) is 5.02 Å². The number of hydrogen-bond acceptors (Lipinski definition) is 12. The smallest absolute Gasteiger partial charge is 0.310 e. The van der Waals surface area contributed by atoms with Crippen molar-refractivity contribution >= 4 is 46.5 Å². The van der Waals surface area contributed by atoms with E-state index in [1.165, 1.54) is 43.3 Å². The van der Waals surface area contributed by atoms with Crippen molar-refractivity contribution in [3.05, 3.63) is 85.1 Å². The summed E-state index contributed by atoms with van der Waals surface area (Å²) in [6.07, 6.45) is -2.34. The molecule has 6 atom stereocenters. The Morgan fingerprint density at radius 1 is 1.16 bits per heavy atom. The number of ketones is 2. The van der Waals surface area contributed by atoms with Gasteiger partial charge in [-0.15, -0.1) is 0 Å². The van der Waals surface area contributed by atoms with Crippen molar-refractivity contribution in [3.8, 4) is 5.75 Å². The number of carbonyl (C=O) groups excluding carboxylic acids is 4. The molecule has 3 aliphatic rings. The number of hydrogen-bond donors (Lipinski definition) is 5. The van der Waals surface area contributed by atoms with Crippen LogP contribution in [0.1, 0.15) is 29.5 Å². The van der Waals surface area contributed by atoms with E-state index in [0.29, 0.717) is 5.56 Å². The second-order valence-electron chi connectivity index (χ2n) is 11.5. The number of nitro benzene ring substituents is 1. The number of esters is 1. The number of carbonyl (C=O) groups is 4. The summed E-state index contributed by atoms with van der Waals surface area (Å²) < 4.78 is 5.91. The van der Waals surface area contributed by atoms with E-state index >= 15 is 0 Å². The minimum absolute atomic E-state index is 0.0416. The third kappa shape index (κ3) is 4.64. The number of phenols is 1. The Bertz CT molecular complexity index is 1770. The van der Waals surface area contributed by atoms with E-state index in [2.05, 4.69) is 0 Å². The average molecular weight is 642 g/mol. The number of nitro groups is 1. The van der Waals surface area contributed by atoms with E-state index in [4.69, 9.17) is 22.1 Å². The van der Waals surface area contributed by atoms with Crippen LogP contribution in [0.25, 0.3) is 5.76 Å². The Morgan fingerprint density at radius 2 is 1.82 bits per heavy atom. The second-order valence-corrected chi connectivity index (χ2v) is 11.9. The standard InChI is InChI=1S/C30H28ClN3O11/c1-11-14-5-4-6-16(35)19(14)24(37)20-18(11)26(45-17(36)9-12-7-8-13(31)10-15(12)34(43)44)22-23(33(2)3)25(38)21(29(32)41)28(40)30(22,42)27(20)39/h4-8,10-11,18,22-23,26,35,37,40,42H,9H2,1-3H3,(H2,32,41)/t11-,18+,22+,23-,26-,30-/m1/s1. The molecule has 0 aliphatic heterocycles. The van der Waals surface area contributed by atoms with Gasteiger partial charge in [-0.3, -0.25) is 34.2 Å². The molecule has 6 N–H and O–H groups in total. The van der Waals surface area contributed by atoms with Crippen LogP contribution < -0.4 is 5.73 Å². The van der Waals surface area contributed by atoms with Gasteiger partial charge in [0.2, 0.25) is 5.78 Å². The summed E-state index contributed by atoms with van der Waals surface area (Å²) in [4.78, 5) is 66.0. The van der Waals surface area contributed by atoms with Crippen LogP contribution in [0, 0.1) is 22.0 Å². The molecule has 14 nitrogen and oxygen atoms in total. The van der Waals surface area contributed by atoms with Crippen molar-refractivity contribution in [2.45, 2.75) is 37.0 Å². The lowest BCUT2D eigenvalue weighted by molar-refractivity contribution is -0.385. The maximum Gasteiger partial charge on any atom is 0.310 e. The number of aliphatic hydroxyl groups is 3. The monoisotopic (exact) mass is 641 g/mol. The van der Waals surface area contributed by atoms with Crippen LogP contribution in [0.15, 0.2) is 53.3 Å². The molecule has 0 aromatic heterocycles. The van der Waals surface area contributed by atoms with E-state index in [1.54, 1.807) is 13.0 Å². The quantitative estimate of drug-likeness (QED) is 0.132. The minimum Gasteiger partial charge on any atom is -0.508 e. The van der Waals surface area contributed by atoms with E-state index in [1.807, 2.05) is 0 Å². The Balaban J connectivity index is 1.75. The zero-order valence-corrected chi connectivity index (χ0v) is 24.8. The largest absolute Gasteiger partial charge is 0.508 e. The average Bonchev–Trinajstić information content (AvgIpc) is 2.95. The highest BCUT2D eigenvalue weighted by Gasteiger charge is 2.69. The number of phenolic OH excluding ortho intramolecular Hbond substituents is 1. The molecule has 0 bridgehead atoms. The number of ether oxygens (including phenoxy) is 1. The highest BCUT2D eigenvalue weighted by molar-refractivity contribution is 6.30. The summed E-state index contributed by atoms with van der Waals surface area (Å²) in [6.45, 7) is 1.61. The van der Waals surface area contributed by atoms with Gasteiger partial charge in [0.15, 0.2) is 11.4 Å². The Kier molecular flexibility index (Phi) is 7.72. The van der Waals surface area contributed by atoms with E-state index in [9.17, 15) is 49.7 Å². The number of rotatable bonds is 6. The van der Waals surface area contributed by atoms with Crippen molar-refractivity contribution < 1.29 is 49.3 Å². The molecule has 0 heterocycles. The third-order valence-corrected chi connectivity index (χ3v) is 9.05. The highest BCUT2D eigenvalue weighted by Crippen LogP contribution is 2.57. The summed E-state index contributed by atoms with van der Waals surface area (Å²) >= 11 is 5.90. The SMILES string of the molecule is C[C@@H]1c2cccc(O)c2C(O)=C2C(=O)[C@@]3(O)C(O)=C(C(N)=O)C(=O)[C@H](N(C)C)[C@H]3[C@H](OC(=O)Cc3ccc(Cl)cc3[N+](=O)[O-])[C@H]21. The van der Waals surface area contributed by atoms with Gasteiger partial charge in [-0.25, -0.2) is 0 Å². The number of likely N-dealkylation sites (N-methyl/N-ethyl adjacent to an activating group) is 1. The number of primary amides is 1. The van der Waals surface area contributed by atoms with Crippen molar-refractivity contribution in [3.63, 3.8) is 0 Å². The molecule has 5 rings (SSSR count). The zero-order chi connectivity index (χ0) is 33.3. The van der Waals surface area contributed by atoms with Gasteiger partial charge in [-0.05, 0) is 37.7 Å². The Morgan fingerprint density at radius 3 is 2.42 bits per heavy atom. The summed E-state index contributed by atoms with van der Waals surface area (Å²) in [5.41, 5.74) is 0.337. The fourth-order valence-corrected chi connectivity index (χ4v) is 7.06. The van der Waals surface area contributed by atoms with Gasteiger partial charge in [0, 0.05) is 28.1 Å². The van der Waals surface area contributed by atoms with Crippen molar-refractivity contribution in [1.82, 2.24) is 4.90 Å². The Labute approximate surface area is 260 Å². The van der Waals surface area contributed by atoms with Crippen LogP contribution in [0.5, 0.6) is 5.75 Å². The number of Topliss-reactive ketones (excluding diaryl/α,β-unsaturated/α-hetero) is 2. The van der Waals surface area contributed by atoms with Crippen molar-refractivity contribution in [1.29, 1.82) is 0 Å². The van der Waals surface area contributed by atoms with Gasteiger partial charge in [0.25, 0.3) is 11.6 Å². The maximum atomic E-state index is 14.3. The summed E-state index contributed by atoms with van der Waals surface area (Å²) in [6, 6.07) is 6.37. The second kappa shape index (κ2) is 11.0. The molecule has 15 heteroatoms. The molecular weight excluding hydrogens is 614 g/mol. The first-order chi connectivity index (χ1) is 21.0. The summed E-state index contributed by atoms with van der Waals surface area (Å²) in [5, 5.41) is 57.1. The van der Waals surface area contributed by atoms with Crippen LogP contribution in [-0.2, 0) is 30.3 Å². The normalized spacial score (nSPS) is 27.6. The molecule has 1 fully saturated rings. The molecule has 3 aliphatic carbocycles. The lowest BCUT2D eigenvalue weighted by atomic mass is 9.54. The molecule has 2 aromatic carbocycles. The van der Waals surface area contributed by atoms with Crippen LogP contribution in [0.4, 0.5) is 5.69 Å². The van der Waals surface area contributed by atoms with Crippen LogP contribution >= 0.6 is 11.6 Å². The van der Waals surface area contributed by atoms with Gasteiger partial charge >= 0.3 is 5.97 Å².